The van der Waals surface area contributed by atoms with Crippen molar-refractivity contribution in [2.75, 3.05) is 11.5 Å². The molecule has 0 unspecified atom stereocenters. The zero-order chi connectivity index (χ0) is 9.24. The van der Waals surface area contributed by atoms with Crippen LogP contribution in [0.1, 0.15) is 26.2 Å². The third-order valence-electron chi connectivity index (χ3n) is 2.15. The van der Waals surface area contributed by atoms with Crippen LogP contribution in [-0.2, 0) is 0 Å². The van der Waals surface area contributed by atoms with Gasteiger partial charge in [-0.1, -0.05) is 0 Å². The quantitative estimate of drug-likeness (QED) is 0.731. The summed E-state index contributed by atoms with van der Waals surface area (Å²) in [6.07, 6.45) is 1.28. The Balaban J connectivity index is 2.47. The maximum atomic E-state index is 12.7. The van der Waals surface area contributed by atoms with Gasteiger partial charge in [-0.3, -0.25) is 0 Å². The van der Waals surface area contributed by atoms with Crippen molar-refractivity contribution in [2.24, 2.45) is 5.73 Å². The van der Waals surface area contributed by atoms with Crippen LogP contribution in [0.5, 0.6) is 0 Å². The summed E-state index contributed by atoms with van der Waals surface area (Å²) >= 11 is 1.80. The number of rotatable bonds is 2. The van der Waals surface area contributed by atoms with Crippen molar-refractivity contribution in [3.63, 3.8) is 0 Å². The molecule has 1 aliphatic heterocycles. The molecule has 0 aromatic heterocycles. The molecule has 1 heterocycles. The lowest BCUT2D eigenvalue weighted by Gasteiger charge is -2.34. The molecule has 4 heteroatoms. The lowest BCUT2D eigenvalue weighted by Crippen LogP contribution is -2.46. The maximum absolute atomic E-state index is 12.7. The number of alkyl halides is 2. The van der Waals surface area contributed by atoms with Crippen LogP contribution in [0.4, 0.5) is 8.78 Å². The maximum Gasteiger partial charge on any atom is 0.247 e. The van der Waals surface area contributed by atoms with E-state index in [0.717, 1.165) is 31.3 Å². The van der Waals surface area contributed by atoms with E-state index in [-0.39, 0.29) is 6.42 Å². The first-order valence-electron chi connectivity index (χ1n) is 4.16. The fourth-order valence-corrected chi connectivity index (χ4v) is 2.88. The van der Waals surface area contributed by atoms with E-state index in [4.69, 9.17) is 5.73 Å². The minimum absolute atomic E-state index is 0.166. The molecular formula is C8H15F2NS. The molecule has 0 atom stereocenters. The Morgan fingerprint density at radius 1 is 1.42 bits per heavy atom. The fourth-order valence-electron chi connectivity index (χ4n) is 1.57. The van der Waals surface area contributed by atoms with Gasteiger partial charge in [0.2, 0.25) is 5.92 Å². The van der Waals surface area contributed by atoms with Crippen molar-refractivity contribution in [3.8, 4) is 0 Å². The number of nitrogens with two attached hydrogens (primary N) is 1. The van der Waals surface area contributed by atoms with E-state index in [1.165, 1.54) is 0 Å². The molecular weight excluding hydrogens is 180 g/mol. The van der Waals surface area contributed by atoms with Crippen molar-refractivity contribution >= 4 is 11.8 Å². The second-order valence-electron chi connectivity index (χ2n) is 3.72. The summed E-state index contributed by atoms with van der Waals surface area (Å²) in [6, 6.07) is 0. The van der Waals surface area contributed by atoms with Gasteiger partial charge in [0.05, 0.1) is 0 Å². The van der Waals surface area contributed by atoms with Crippen LogP contribution in [0, 0.1) is 0 Å². The largest absolute Gasteiger partial charge is 0.325 e. The van der Waals surface area contributed by atoms with Crippen molar-refractivity contribution < 1.29 is 8.78 Å². The Kier molecular flexibility index (Phi) is 2.99. The topological polar surface area (TPSA) is 26.0 Å². The minimum Gasteiger partial charge on any atom is -0.325 e. The third-order valence-corrected chi connectivity index (χ3v) is 3.14. The first kappa shape index (κ1) is 10.3. The van der Waals surface area contributed by atoms with E-state index >= 15 is 0 Å². The second kappa shape index (κ2) is 3.50. The Morgan fingerprint density at radius 2 is 1.92 bits per heavy atom. The van der Waals surface area contributed by atoms with Gasteiger partial charge < -0.3 is 5.73 Å². The molecule has 12 heavy (non-hydrogen) atoms. The summed E-state index contributed by atoms with van der Waals surface area (Å²) in [5.74, 6) is -0.768. The van der Waals surface area contributed by atoms with Crippen molar-refractivity contribution in [1.29, 1.82) is 0 Å². The molecule has 72 valence electrons. The highest BCUT2D eigenvalue weighted by molar-refractivity contribution is 7.99. The van der Waals surface area contributed by atoms with Crippen LogP contribution in [0.15, 0.2) is 0 Å². The first-order chi connectivity index (χ1) is 5.41. The third kappa shape index (κ3) is 3.27. The lowest BCUT2D eigenvalue weighted by atomic mass is 9.87. The summed E-state index contributed by atoms with van der Waals surface area (Å²) in [5, 5.41) is 0. The molecule has 1 rings (SSSR count). The van der Waals surface area contributed by atoms with Crippen LogP contribution in [0.2, 0.25) is 0 Å². The van der Waals surface area contributed by atoms with E-state index in [9.17, 15) is 8.78 Å². The first-order valence-corrected chi connectivity index (χ1v) is 5.31. The van der Waals surface area contributed by atoms with Gasteiger partial charge in [0.1, 0.15) is 0 Å². The Hall–Kier alpha value is 0.170. The predicted molar refractivity (Wildman–Crippen MR) is 48.7 cm³/mol. The van der Waals surface area contributed by atoms with Gasteiger partial charge in [-0.2, -0.15) is 11.8 Å². The summed E-state index contributed by atoms with van der Waals surface area (Å²) < 4.78 is 25.3. The summed E-state index contributed by atoms with van der Waals surface area (Å²) in [7, 11) is 0. The van der Waals surface area contributed by atoms with E-state index < -0.39 is 11.5 Å². The van der Waals surface area contributed by atoms with Crippen LogP contribution in [0.25, 0.3) is 0 Å². The van der Waals surface area contributed by atoms with E-state index in [2.05, 4.69) is 0 Å². The second-order valence-corrected chi connectivity index (χ2v) is 4.95. The lowest BCUT2D eigenvalue weighted by molar-refractivity contribution is -0.0109. The Labute approximate surface area is 76.1 Å². The van der Waals surface area contributed by atoms with E-state index in [1.54, 1.807) is 11.8 Å². The zero-order valence-corrected chi connectivity index (χ0v) is 8.09. The zero-order valence-electron chi connectivity index (χ0n) is 7.28. The molecule has 0 bridgehead atoms. The molecule has 1 nitrogen and oxygen atoms in total. The molecule has 0 aromatic rings. The summed E-state index contributed by atoms with van der Waals surface area (Å²) in [6.45, 7) is 0.948. The Bertz CT molecular complexity index is 150. The molecule has 1 fully saturated rings. The molecule has 0 radical (unpaired) electrons. The molecule has 0 amide bonds. The van der Waals surface area contributed by atoms with Crippen molar-refractivity contribution in [1.82, 2.24) is 0 Å². The normalized spacial score (nSPS) is 24.0. The minimum atomic E-state index is -2.61. The average Bonchev–Trinajstić information content (AvgIpc) is 1.83. The molecule has 0 aliphatic carbocycles. The van der Waals surface area contributed by atoms with Crippen LogP contribution in [-0.4, -0.2) is 23.0 Å². The number of hydrogen-bond acceptors (Lipinski definition) is 2. The number of halogens is 2. The van der Waals surface area contributed by atoms with Gasteiger partial charge in [0.25, 0.3) is 0 Å². The highest BCUT2D eigenvalue weighted by Crippen LogP contribution is 2.33. The molecule has 1 saturated heterocycles. The molecule has 1 aliphatic rings. The number of thioether (sulfide) groups is 1. The highest BCUT2D eigenvalue weighted by atomic mass is 32.2. The molecule has 0 saturated carbocycles. The smallest absolute Gasteiger partial charge is 0.247 e. The van der Waals surface area contributed by atoms with Crippen LogP contribution < -0.4 is 5.73 Å². The monoisotopic (exact) mass is 195 g/mol. The standard InChI is InChI=1S/C8H15F2NS/c1-7(9,10)6-8(11)2-4-12-5-3-8/h2-6,11H2,1H3. The number of hydrogen-bond donors (Lipinski definition) is 1. The molecule has 0 aromatic carbocycles. The van der Waals surface area contributed by atoms with Gasteiger partial charge in [-0.25, -0.2) is 8.78 Å². The van der Waals surface area contributed by atoms with Gasteiger partial charge in [-0.15, -0.1) is 0 Å². The van der Waals surface area contributed by atoms with Gasteiger partial charge >= 0.3 is 0 Å². The van der Waals surface area contributed by atoms with Gasteiger partial charge in [-0.05, 0) is 31.3 Å². The SMILES string of the molecule is CC(F)(F)CC1(N)CCSCC1. The average molecular weight is 195 g/mol. The van der Waals surface area contributed by atoms with Crippen molar-refractivity contribution in [2.45, 2.75) is 37.6 Å². The van der Waals surface area contributed by atoms with Crippen LogP contribution in [0.3, 0.4) is 0 Å². The molecule has 0 spiro atoms. The van der Waals surface area contributed by atoms with Crippen molar-refractivity contribution in [3.05, 3.63) is 0 Å². The summed E-state index contributed by atoms with van der Waals surface area (Å²) in [5.41, 5.74) is 5.24. The predicted octanol–water partition coefficient (Wildman–Crippen LogP) is 2.26. The van der Waals surface area contributed by atoms with Gasteiger partial charge in [0, 0.05) is 12.0 Å². The Morgan fingerprint density at radius 3 is 2.33 bits per heavy atom. The fraction of sp³-hybridized carbons (Fsp3) is 1.00. The summed E-state index contributed by atoms with van der Waals surface area (Å²) in [4.78, 5) is 0. The van der Waals surface area contributed by atoms with Gasteiger partial charge in [0.15, 0.2) is 0 Å². The molecule has 2 N–H and O–H groups in total. The van der Waals surface area contributed by atoms with E-state index in [0.29, 0.717) is 0 Å². The van der Waals surface area contributed by atoms with Crippen LogP contribution >= 0.6 is 11.8 Å². The highest BCUT2D eigenvalue weighted by Gasteiger charge is 2.36. The van der Waals surface area contributed by atoms with E-state index in [1.807, 2.05) is 0 Å².